The number of ether oxygens (including phenoxy) is 1. The highest BCUT2D eigenvalue weighted by Gasteiger charge is 2.24. The van der Waals surface area contributed by atoms with Crippen LogP contribution in [0.2, 0.25) is 0 Å². The maximum Gasteiger partial charge on any atom is 0.387 e. The summed E-state index contributed by atoms with van der Waals surface area (Å²) in [4.78, 5) is 13.9. The molecular formula is C14H18F2N2O2. The van der Waals surface area contributed by atoms with E-state index in [0.717, 1.165) is 19.5 Å². The average molecular weight is 284 g/mol. The van der Waals surface area contributed by atoms with E-state index in [1.165, 1.54) is 6.07 Å². The van der Waals surface area contributed by atoms with Gasteiger partial charge in [-0.05, 0) is 19.0 Å². The van der Waals surface area contributed by atoms with Gasteiger partial charge in [0.25, 0.3) is 0 Å². The van der Waals surface area contributed by atoms with Gasteiger partial charge >= 0.3 is 6.61 Å². The fourth-order valence-electron chi connectivity index (χ4n) is 2.32. The lowest BCUT2D eigenvalue weighted by Crippen LogP contribution is -2.39. The Kier molecular flexibility index (Phi) is 4.89. The lowest BCUT2D eigenvalue weighted by molar-refractivity contribution is -0.131. The van der Waals surface area contributed by atoms with E-state index >= 15 is 0 Å². The van der Waals surface area contributed by atoms with Gasteiger partial charge in [-0.25, -0.2) is 0 Å². The van der Waals surface area contributed by atoms with Crippen molar-refractivity contribution in [1.29, 1.82) is 0 Å². The molecule has 6 heteroatoms. The first-order chi connectivity index (χ1) is 9.58. The molecule has 0 bridgehead atoms. The molecule has 0 radical (unpaired) electrons. The van der Waals surface area contributed by atoms with Gasteiger partial charge in [0.15, 0.2) is 0 Å². The maximum atomic E-state index is 12.3. The SMILES string of the molecule is CN(C(=O)Cc1ccccc1OC(F)F)C1CCNC1. The minimum absolute atomic E-state index is 0.0637. The Labute approximate surface area is 116 Å². The van der Waals surface area contributed by atoms with Crippen molar-refractivity contribution in [3.63, 3.8) is 0 Å². The van der Waals surface area contributed by atoms with Gasteiger partial charge in [0.05, 0.1) is 6.42 Å². The monoisotopic (exact) mass is 284 g/mol. The van der Waals surface area contributed by atoms with Gasteiger partial charge < -0.3 is 15.0 Å². The first-order valence-corrected chi connectivity index (χ1v) is 6.57. The van der Waals surface area contributed by atoms with E-state index in [1.54, 1.807) is 30.1 Å². The van der Waals surface area contributed by atoms with Crippen LogP contribution >= 0.6 is 0 Å². The van der Waals surface area contributed by atoms with E-state index in [1.807, 2.05) is 0 Å². The number of carbonyl (C=O) groups excluding carboxylic acids is 1. The predicted octanol–water partition coefficient (Wildman–Crippen LogP) is 1.65. The number of likely N-dealkylation sites (N-methyl/N-ethyl adjacent to an activating group) is 1. The molecule has 2 rings (SSSR count). The summed E-state index contributed by atoms with van der Waals surface area (Å²) in [5, 5.41) is 3.19. The molecule has 1 amide bonds. The molecule has 20 heavy (non-hydrogen) atoms. The molecule has 4 nitrogen and oxygen atoms in total. The first kappa shape index (κ1) is 14.7. The molecule has 1 aromatic rings. The summed E-state index contributed by atoms with van der Waals surface area (Å²) in [7, 11) is 1.75. The van der Waals surface area contributed by atoms with Crippen LogP contribution in [0.25, 0.3) is 0 Å². The molecule has 1 unspecified atom stereocenters. The van der Waals surface area contributed by atoms with E-state index in [4.69, 9.17) is 0 Å². The van der Waals surface area contributed by atoms with Crippen molar-refractivity contribution in [2.75, 3.05) is 20.1 Å². The maximum absolute atomic E-state index is 12.3. The number of rotatable bonds is 5. The highest BCUT2D eigenvalue weighted by Crippen LogP contribution is 2.21. The van der Waals surface area contributed by atoms with Crippen LogP contribution in [0.3, 0.4) is 0 Å². The second kappa shape index (κ2) is 6.65. The highest BCUT2D eigenvalue weighted by molar-refractivity contribution is 5.79. The van der Waals surface area contributed by atoms with Crippen LogP contribution in [-0.4, -0.2) is 43.6 Å². The third-order valence-corrected chi connectivity index (χ3v) is 3.51. The van der Waals surface area contributed by atoms with Gasteiger partial charge in [-0.3, -0.25) is 4.79 Å². The van der Waals surface area contributed by atoms with Crippen molar-refractivity contribution in [3.05, 3.63) is 29.8 Å². The first-order valence-electron chi connectivity index (χ1n) is 6.57. The van der Waals surface area contributed by atoms with Gasteiger partial charge in [-0.2, -0.15) is 8.78 Å². The van der Waals surface area contributed by atoms with Gasteiger partial charge in [-0.15, -0.1) is 0 Å². The molecular weight excluding hydrogens is 266 g/mol. The fraction of sp³-hybridized carbons (Fsp3) is 0.500. The zero-order valence-corrected chi connectivity index (χ0v) is 11.3. The summed E-state index contributed by atoms with van der Waals surface area (Å²) in [6, 6.07) is 6.57. The Balaban J connectivity index is 2.03. The molecule has 1 saturated heterocycles. The quantitative estimate of drug-likeness (QED) is 0.894. The number of hydrogen-bond donors (Lipinski definition) is 1. The number of halogens is 2. The molecule has 0 spiro atoms. The summed E-state index contributed by atoms with van der Waals surface area (Å²) in [6.45, 7) is -1.21. The van der Waals surface area contributed by atoms with E-state index < -0.39 is 6.61 Å². The minimum atomic E-state index is -2.89. The average Bonchev–Trinajstić information content (AvgIpc) is 2.93. The van der Waals surface area contributed by atoms with Gasteiger partial charge in [-0.1, -0.05) is 18.2 Å². The summed E-state index contributed by atoms with van der Waals surface area (Å²) in [6.07, 6.45) is 0.979. The van der Waals surface area contributed by atoms with Crippen molar-refractivity contribution in [2.45, 2.75) is 25.5 Å². The van der Waals surface area contributed by atoms with Gasteiger partial charge in [0, 0.05) is 25.2 Å². The second-order valence-electron chi connectivity index (χ2n) is 4.81. The molecule has 1 N–H and O–H groups in total. The molecule has 1 atom stereocenters. The number of amides is 1. The molecule has 1 aromatic carbocycles. The molecule has 1 aliphatic heterocycles. The number of nitrogens with zero attached hydrogens (tertiary/aromatic N) is 1. The van der Waals surface area contributed by atoms with Crippen LogP contribution in [0.1, 0.15) is 12.0 Å². The zero-order valence-electron chi connectivity index (χ0n) is 11.3. The summed E-state index contributed by atoms with van der Waals surface area (Å²) in [5.41, 5.74) is 0.482. The van der Waals surface area contributed by atoms with E-state index in [2.05, 4.69) is 10.1 Å². The molecule has 0 aromatic heterocycles. The largest absolute Gasteiger partial charge is 0.435 e. The molecule has 0 saturated carbocycles. The van der Waals surface area contributed by atoms with E-state index in [9.17, 15) is 13.6 Å². The Morgan fingerprint density at radius 2 is 2.25 bits per heavy atom. The van der Waals surface area contributed by atoms with Crippen molar-refractivity contribution < 1.29 is 18.3 Å². The summed E-state index contributed by atoms with van der Waals surface area (Å²) in [5.74, 6) is -0.0298. The van der Waals surface area contributed by atoms with Crippen LogP contribution in [0.4, 0.5) is 8.78 Å². The Morgan fingerprint density at radius 3 is 2.90 bits per heavy atom. The third-order valence-electron chi connectivity index (χ3n) is 3.51. The van der Waals surface area contributed by atoms with Crippen LogP contribution in [0.5, 0.6) is 5.75 Å². The molecule has 1 aliphatic rings. The van der Waals surface area contributed by atoms with E-state index in [0.29, 0.717) is 5.56 Å². The lowest BCUT2D eigenvalue weighted by Gasteiger charge is -2.24. The van der Waals surface area contributed by atoms with Crippen LogP contribution in [0.15, 0.2) is 24.3 Å². The topological polar surface area (TPSA) is 41.6 Å². The summed E-state index contributed by atoms with van der Waals surface area (Å²) >= 11 is 0. The van der Waals surface area contributed by atoms with Crippen molar-refractivity contribution >= 4 is 5.91 Å². The number of alkyl halides is 2. The van der Waals surface area contributed by atoms with Crippen molar-refractivity contribution in [1.82, 2.24) is 10.2 Å². The number of benzene rings is 1. The Hall–Kier alpha value is -1.69. The minimum Gasteiger partial charge on any atom is -0.435 e. The molecule has 0 aliphatic carbocycles. The molecule has 1 heterocycles. The normalized spacial score (nSPS) is 18.3. The van der Waals surface area contributed by atoms with Crippen LogP contribution in [-0.2, 0) is 11.2 Å². The van der Waals surface area contributed by atoms with Crippen LogP contribution in [0, 0.1) is 0 Å². The van der Waals surface area contributed by atoms with Crippen molar-refractivity contribution in [3.8, 4) is 5.75 Å². The van der Waals surface area contributed by atoms with E-state index in [-0.39, 0.29) is 24.1 Å². The molecule has 1 fully saturated rings. The third kappa shape index (κ3) is 3.66. The summed E-state index contributed by atoms with van der Waals surface area (Å²) < 4.78 is 29.1. The van der Waals surface area contributed by atoms with Crippen molar-refractivity contribution in [2.24, 2.45) is 0 Å². The predicted molar refractivity (Wildman–Crippen MR) is 70.8 cm³/mol. The number of hydrogen-bond acceptors (Lipinski definition) is 3. The Bertz CT molecular complexity index is 462. The smallest absolute Gasteiger partial charge is 0.387 e. The standard InChI is InChI=1S/C14H18F2N2O2/c1-18(11-6-7-17-9-11)13(19)8-10-4-2-3-5-12(10)20-14(15)16/h2-5,11,14,17H,6-9H2,1H3. The number of carbonyl (C=O) groups is 1. The second-order valence-corrected chi connectivity index (χ2v) is 4.81. The molecule has 110 valence electrons. The lowest BCUT2D eigenvalue weighted by atomic mass is 10.1. The van der Waals surface area contributed by atoms with Gasteiger partial charge in [0.1, 0.15) is 5.75 Å². The zero-order chi connectivity index (χ0) is 14.5. The highest BCUT2D eigenvalue weighted by atomic mass is 19.3. The van der Waals surface area contributed by atoms with Gasteiger partial charge in [0.2, 0.25) is 5.91 Å². The fourth-order valence-corrected chi connectivity index (χ4v) is 2.32. The Morgan fingerprint density at radius 1 is 1.50 bits per heavy atom. The number of para-hydroxylation sites is 1. The number of nitrogens with one attached hydrogen (secondary N) is 1. The van der Waals surface area contributed by atoms with Crippen LogP contribution < -0.4 is 10.1 Å².